The van der Waals surface area contributed by atoms with Crippen LogP contribution in [0, 0.1) is 0 Å². The lowest BCUT2D eigenvalue weighted by molar-refractivity contribution is 0.417. The minimum atomic E-state index is -3.30. The van der Waals surface area contributed by atoms with Gasteiger partial charge in [0.2, 0.25) is 0 Å². The second-order valence-electron chi connectivity index (χ2n) is 4.77. The Kier molecular flexibility index (Phi) is 5.92. The van der Waals surface area contributed by atoms with Crippen LogP contribution in [0.4, 0.5) is 0 Å². The van der Waals surface area contributed by atoms with E-state index in [0.717, 1.165) is 30.1 Å². The molecule has 0 saturated carbocycles. The fourth-order valence-electron chi connectivity index (χ4n) is 2.12. The first kappa shape index (κ1) is 16.3. The maximum atomic E-state index is 12.6. The Morgan fingerprint density at radius 3 is 2.90 bits per heavy atom. The van der Waals surface area contributed by atoms with E-state index in [0.29, 0.717) is 22.5 Å². The predicted molar refractivity (Wildman–Crippen MR) is 87.0 cm³/mol. The first-order chi connectivity index (χ1) is 9.57. The average molecular weight is 335 g/mol. The van der Waals surface area contributed by atoms with E-state index in [1.807, 2.05) is 24.8 Å². The van der Waals surface area contributed by atoms with Crippen molar-refractivity contribution >= 4 is 33.1 Å². The van der Waals surface area contributed by atoms with Crippen molar-refractivity contribution in [3.8, 4) is 0 Å². The highest BCUT2D eigenvalue weighted by molar-refractivity contribution is 8.00. The molecule has 1 aromatic heterocycles. The third-order valence-electron chi connectivity index (χ3n) is 3.34. The number of thioether (sulfide) groups is 1. The smallest absolute Gasteiger partial charge is 0.252 e. The van der Waals surface area contributed by atoms with Gasteiger partial charge in [-0.1, -0.05) is 13.8 Å². The largest absolute Gasteiger partial charge is 0.312 e. The van der Waals surface area contributed by atoms with Crippen LogP contribution in [0.25, 0.3) is 0 Å². The quantitative estimate of drug-likeness (QED) is 0.868. The number of thiophene rings is 1. The summed E-state index contributed by atoms with van der Waals surface area (Å²) in [6, 6.07) is 3.66. The van der Waals surface area contributed by atoms with Crippen molar-refractivity contribution in [3.63, 3.8) is 0 Å². The Bertz CT molecular complexity index is 527. The predicted octanol–water partition coefficient (Wildman–Crippen LogP) is 2.37. The van der Waals surface area contributed by atoms with Crippen LogP contribution in [0.15, 0.2) is 16.3 Å². The molecule has 0 bridgehead atoms. The second kappa shape index (κ2) is 7.26. The third kappa shape index (κ3) is 3.76. The van der Waals surface area contributed by atoms with Gasteiger partial charge in [0.15, 0.2) is 0 Å². The highest BCUT2D eigenvalue weighted by Gasteiger charge is 2.30. The topological polar surface area (TPSA) is 49.4 Å². The van der Waals surface area contributed by atoms with Gasteiger partial charge >= 0.3 is 0 Å². The molecule has 1 aliphatic heterocycles. The van der Waals surface area contributed by atoms with Gasteiger partial charge in [0.05, 0.1) is 0 Å². The summed E-state index contributed by atoms with van der Waals surface area (Å²) in [5, 5.41) is 3.65. The molecule has 1 unspecified atom stereocenters. The molecule has 0 aromatic carbocycles. The Morgan fingerprint density at radius 2 is 2.20 bits per heavy atom. The van der Waals surface area contributed by atoms with Crippen LogP contribution in [-0.2, 0) is 16.6 Å². The van der Waals surface area contributed by atoms with Gasteiger partial charge in [-0.05, 0) is 25.1 Å². The summed E-state index contributed by atoms with van der Waals surface area (Å²) in [6.07, 6.45) is 1.02. The summed E-state index contributed by atoms with van der Waals surface area (Å²) in [5.41, 5.74) is 0. The molecule has 4 nitrogen and oxygen atoms in total. The summed E-state index contributed by atoms with van der Waals surface area (Å²) < 4.78 is 27.4. The molecule has 114 valence electrons. The molecule has 1 aliphatic rings. The average Bonchev–Trinajstić information content (AvgIpc) is 2.94. The van der Waals surface area contributed by atoms with Crippen molar-refractivity contribution in [1.82, 2.24) is 9.62 Å². The maximum absolute atomic E-state index is 12.6. The molecular weight excluding hydrogens is 312 g/mol. The Balaban J connectivity index is 2.11. The second-order valence-corrected chi connectivity index (χ2v) is 9.51. The molecule has 1 saturated heterocycles. The fraction of sp³-hybridized carbons (Fsp3) is 0.692. The zero-order valence-electron chi connectivity index (χ0n) is 12.0. The van der Waals surface area contributed by atoms with Crippen LogP contribution < -0.4 is 5.32 Å². The Morgan fingerprint density at radius 1 is 1.40 bits per heavy atom. The first-order valence-corrected chi connectivity index (χ1v) is 10.3. The Labute approximate surface area is 130 Å². The van der Waals surface area contributed by atoms with E-state index < -0.39 is 10.0 Å². The van der Waals surface area contributed by atoms with E-state index in [4.69, 9.17) is 0 Å². The molecular formula is C13H22N2O2S3. The minimum absolute atomic E-state index is 0.430. The number of nitrogens with zero attached hydrogens (tertiary/aromatic N) is 1. The molecule has 0 aliphatic carbocycles. The van der Waals surface area contributed by atoms with Gasteiger partial charge in [-0.3, -0.25) is 0 Å². The highest BCUT2D eigenvalue weighted by atomic mass is 32.2. The number of sulfonamides is 1. The lowest BCUT2D eigenvalue weighted by Crippen LogP contribution is -2.41. The van der Waals surface area contributed by atoms with Crippen LogP contribution in [0.1, 0.15) is 25.1 Å². The minimum Gasteiger partial charge on any atom is -0.312 e. The molecule has 7 heteroatoms. The molecule has 0 radical (unpaired) electrons. The van der Waals surface area contributed by atoms with E-state index in [1.165, 1.54) is 11.3 Å². The summed E-state index contributed by atoms with van der Waals surface area (Å²) in [6.45, 7) is 7.06. The molecule has 0 amide bonds. The maximum Gasteiger partial charge on any atom is 0.252 e. The SMILES string of the molecule is CCNCc1ccc(S(=O)(=O)N2CCSC(CC)C2)s1. The molecule has 20 heavy (non-hydrogen) atoms. The lowest BCUT2D eigenvalue weighted by Gasteiger charge is -2.30. The van der Waals surface area contributed by atoms with Crippen LogP contribution >= 0.6 is 23.1 Å². The van der Waals surface area contributed by atoms with E-state index in [9.17, 15) is 8.42 Å². The third-order valence-corrected chi connectivity index (χ3v) is 8.13. The molecule has 1 aromatic rings. The van der Waals surface area contributed by atoms with E-state index >= 15 is 0 Å². The van der Waals surface area contributed by atoms with Crippen LogP contribution in [-0.4, -0.2) is 43.4 Å². The van der Waals surface area contributed by atoms with Crippen molar-refractivity contribution in [1.29, 1.82) is 0 Å². The molecule has 1 fully saturated rings. The number of hydrogen-bond donors (Lipinski definition) is 1. The zero-order valence-corrected chi connectivity index (χ0v) is 14.4. The molecule has 1 atom stereocenters. The van der Waals surface area contributed by atoms with Crippen LogP contribution in [0.5, 0.6) is 0 Å². The summed E-state index contributed by atoms with van der Waals surface area (Å²) in [7, 11) is -3.30. The van der Waals surface area contributed by atoms with Crippen molar-refractivity contribution in [3.05, 3.63) is 17.0 Å². The van der Waals surface area contributed by atoms with E-state index in [2.05, 4.69) is 12.2 Å². The number of rotatable bonds is 6. The normalized spacial score (nSPS) is 21.2. The van der Waals surface area contributed by atoms with Gasteiger partial charge in [0.25, 0.3) is 10.0 Å². The summed E-state index contributed by atoms with van der Waals surface area (Å²) >= 11 is 3.27. The van der Waals surface area contributed by atoms with E-state index in [-0.39, 0.29) is 0 Å². The van der Waals surface area contributed by atoms with Gasteiger partial charge < -0.3 is 5.32 Å². The van der Waals surface area contributed by atoms with Crippen molar-refractivity contribution in [2.24, 2.45) is 0 Å². The summed E-state index contributed by atoms with van der Waals surface area (Å²) in [5.74, 6) is 0.896. The first-order valence-electron chi connectivity index (χ1n) is 6.99. The van der Waals surface area contributed by atoms with Crippen molar-refractivity contribution < 1.29 is 8.42 Å². The fourth-order valence-corrected chi connectivity index (χ4v) is 6.48. The Hall–Kier alpha value is -0.0800. The standard InChI is InChI=1S/C13H22N2O2S3/c1-3-11-10-15(7-8-18-11)20(16,17)13-6-5-12(19-13)9-14-4-2/h5-6,11,14H,3-4,7-10H2,1-2H3. The van der Waals surface area contributed by atoms with Gasteiger partial charge in [-0.25, -0.2) is 8.42 Å². The molecule has 0 spiro atoms. The summed E-state index contributed by atoms with van der Waals surface area (Å²) in [4.78, 5) is 1.07. The number of nitrogens with one attached hydrogen (secondary N) is 1. The highest BCUT2D eigenvalue weighted by Crippen LogP contribution is 2.29. The van der Waals surface area contributed by atoms with Gasteiger partial charge in [0, 0.05) is 35.5 Å². The van der Waals surface area contributed by atoms with Crippen LogP contribution in [0.2, 0.25) is 0 Å². The van der Waals surface area contributed by atoms with Gasteiger partial charge in [0.1, 0.15) is 4.21 Å². The molecule has 1 N–H and O–H groups in total. The van der Waals surface area contributed by atoms with Gasteiger partial charge in [-0.2, -0.15) is 16.1 Å². The van der Waals surface area contributed by atoms with Crippen molar-refractivity contribution in [2.75, 3.05) is 25.4 Å². The monoisotopic (exact) mass is 334 g/mol. The molecule has 2 rings (SSSR count). The lowest BCUT2D eigenvalue weighted by atomic mass is 10.3. The number of hydrogen-bond acceptors (Lipinski definition) is 5. The van der Waals surface area contributed by atoms with Crippen molar-refractivity contribution in [2.45, 2.75) is 36.3 Å². The van der Waals surface area contributed by atoms with Gasteiger partial charge in [-0.15, -0.1) is 11.3 Å². The van der Waals surface area contributed by atoms with Crippen LogP contribution in [0.3, 0.4) is 0 Å². The van der Waals surface area contributed by atoms with E-state index in [1.54, 1.807) is 10.4 Å². The molecule has 2 heterocycles. The zero-order chi connectivity index (χ0) is 14.6.